The molecule has 2 heterocycles. The number of aromatic nitrogens is 3. The van der Waals surface area contributed by atoms with Gasteiger partial charge in [-0.15, -0.1) is 5.10 Å². The summed E-state index contributed by atoms with van der Waals surface area (Å²) in [6.45, 7) is 10.1. The van der Waals surface area contributed by atoms with E-state index in [1.54, 1.807) is 4.68 Å². The molecule has 2 N–H and O–H groups in total. The molecule has 0 radical (unpaired) electrons. The van der Waals surface area contributed by atoms with Gasteiger partial charge in [0.1, 0.15) is 6.04 Å². The number of nitrogens with zero attached hydrogens (tertiary/aromatic N) is 3. The summed E-state index contributed by atoms with van der Waals surface area (Å²) >= 11 is 11.6. The number of aryl methyl sites for hydroxylation is 1. The standard InChI is InChI=1S/C32H33BrClN5O3S/c1-6-41-26-16-22(15-23(33)29(26)42-18(2)3)28-27(30(40)36-25-14-10-7-11-19(25)4)20(5)35-31-37-32(38-39(28)31)43-17-21-12-8-9-13-24(21)34/h7-16,18,28H,6,17H2,1-5H3,(H,36,40)(H,35,37,38). The molecule has 1 aliphatic rings. The molecule has 0 aliphatic carbocycles. The van der Waals surface area contributed by atoms with Gasteiger partial charge in [-0.05, 0) is 91.5 Å². The van der Waals surface area contributed by atoms with Gasteiger partial charge in [0.25, 0.3) is 5.91 Å². The SMILES string of the molecule is CCOc1cc(C2C(C(=O)Nc3ccccc3C)=C(C)Nc3nc(SCc4ccccc4Cl)nn32)cc(Br)c1OC(C)C. The molecule has 4 aromatic rings. The molecule has 0 spiro atoms. The molecule has 0 bridgehead atoms. The van der Waals surface area contributed by atoms with Gasteiger partial charge in [0.2, 0.25) is 11.1 Å². The van der Waals surface area contributed by atoms with E-state index in [4.69, 9.17) is 31.2 Å². The number of carbonyl (C=O) groups excluding carboxylic acids is 1. The van der Waals surface area contributed by atoms with Crippen LogP contribution in [0.15, 0.2) is 81.6 Å². The lowest BCUT2D eigenvalue weighted by Crippen LogP contribution is -2.31. The Morgan fingerprint density at radius 2 is 1.91 bits per heavy atom. The monoisotopic (exact) mass is 681 g/mol. The van der Waals surface area contributed by atoms with Gasteiger partial charge in [-0.1, -0.05) is 59.8 Å². The minimum atomic E-state index is -0.606. The van der Waals surface area contributed by atoms with Crippen LogP contribution in [0.3, 0.4) is 0 Å². The lowest BCUT2D eigenvalue weighted by molar-refractivity contribution is -0.113. The van der Waals surface area contributed by atoms with Crippen molar-refractivity contribution in [2.24, 2.45) is 0 Å². The number of benzene rings is 3. The number of fused-ring (bicyclic) bond motifs is 1. The molecule has 224 valence electrons. The number of para-hydroxylation sites is 1. The number of carbonyl (C=O) groups is 1. The van der Waals surface area contributed by atoms with E-state index < -0.39 is 6.04 Å². The van der Waals surface area contributed by atoms with Crippen molar-refractivity contribution in [2.45, 2.75) is 57.7 Å². The molecule has 8 nitrogen and oxygen atoms in total. The zero-order valence-electron chi connectivity index (χ0n) is 24.6. The fourth-order valence-electron chi connectivity index (χ4n) is 4.81. The van der Waals surface area contributed by atoms with E-state index in [-0.39, 0.29) is 12.0 Å². The van der Waals surface area contributed by atoms with Crippen LogP contribution in [0.2, 0.25) is 5.02 Å². The van der Waals surface area contributed by atoms with E-state index in [2.05, 4.69) is 26.6 Å². The quantitative estimate of drug-likeness (QED) is 0.162. The van der Waals surface area contributed by atoms with E-state index in [0.29, 0.717) is 55.7 Å². The Morgan fingerprint density at radius 3 is 2.63 bits per heavy atom. The minimum Gasteiger partial charge on any atom is -0.490 e. The lowest BCUT2D eigenvalue weighted by atomic mass is 9.94. The van der Waals surface area contributed by atoms with Crippen molar-refractivity contribution < 1.29 is 14.3 Å². The normalized spacial score (nSPS) is 14.4. The molecule has 1 amide bonds. The first-order chi connectivity index (χ1) is 20.7. The Labute approximate surface area is 269 Å². The van der Waals surface area contributed by atoms with Gasteiger partial charge in [0, 0.05) is 22.2 Å². The number of ether oxygens (including phenoxy) is 2. The Morgan fingerprint density at radius 1 is 1.16 bits per heavy atom. The molecule has 0 saturated carbocycles. The third-order valence-electron chi connectivity index (χ3n) is 6.79. The van der Waals surface area contributed by atoms with E-state index in [9.17, 15) is 4.79 Å². The number of halogens is 2. The number of nitrogens with one attached hydrogen (secondary N) is 2. The number of hydrogen-bond donors (Lipinski definition) is 2. The van der Waals surface area contributed by atoms with Gasteiger partial charge in [-0.3, -0.25) is 4.79 Å². The molecule has 11 heteroatoms. The van der Waals surface area contributed by atoms with Crippen LogP contribution in [0.1, 0.15) is 50.4 Å². The van der Waals surface area contributed by atoms with Crippen LogP contribution in [0.25, 0.3) is 0 Å². The molecule has 1 unspecified atom stereocenters. The first-order valence-corrected chi connectivity index (χ1v) is 16.1. The predicted octanol–water partition coefficient (Wildman–Crippen LogP) is 8.41. The maximum absolute atomic E-state index is 14.0. The number of anilines is 2. The van der Waals surface area contributed by atoms with Crippen molar-refractivity contribution in [3.8, 4) is 11.5 Å². The highest BCUT2D eigenvalue weighted by atomic mass is 79.9. The Hall–Kier alpha value is -3.47. The number of allylic oxidation sites excluding steroid dienone is 1. The van der Waals surface area contributed by atoms with Gasteiger partial charge in [-0.25, -0.2) is 4.68 Å². The summed E-state index contributed by atoms with van der Waals surface area (Å²) in [5, 5.41) is 12.6. The van der Waals surface area contributed by atoms with Crippen molar-refractivity contribution in [3.63, 3.8) is 0 Å². The second kappa shape index (κ2) is 13.4. The van der Waals surface area contributed by atoms with Gasteiger partial charge in [0.15, 0.2) is 11.5 Å². The van der Waals surface area contributed by atoms with Crippen LogP contribution in [0.4, 0.5) is 11.6 Å². The molecule has 3 aromatic carbocycles. The fraction of sp³-hybridized carbons (Fsp3) is 0.281. The summed E-state index contributed by atoms with van der Waals surface area (Å²) in [5.41, 5.74) is 4.67. The lowest BCUT2D eigenvalue weighted by Gasteiger charge is -2.29. The Bertz CT molecular complexity index is 1690. The van der Waals surface area contributed by atoms with Crippen molar-refractivity contribution in [3.05, 3.63) is 98.1 Å². The van der Waals surface area contributed by atoms with Gasteiger partial charge in [0.05, 0.1) is 22.8 Å². The van der Waals surface area contributed by atoms with Gasteiger partial charge >= 0.3 is 0 Å². The molecule has 1 aromatic heterocycles. The molecule has 5 rings (SSSR count). The zero-order valence-corrected chi connectivity index (χ0v) is 27.7. The summed E-state index contributed by atoms with van der Waals surface area (Å²) in [6.07, 6.45) is -0.0579. The van der Waals surface area contributed by atoms with Crippen molar-refractivity contribution >= 4 is 56.8 Å². The summed E-state index contributed by atoms with van der Waals surface area (Å²) in [6, 6.07) is 18.7. The number of thioether (sulfide) groups is 1. The van der Waals surface area contributed by atoms with Crippen molar-refractivity contribution in [1.29, 1.82) is 0 Å². The van der Waals surface area contributed by atoms with E-state index in [1.807, 2.05) is 95.3 Å². The summed E-state index contributed by atoms with van der Waals surface area (Å²) in [4.78, 5) is 18.8. The van der Waals surface area contributed by atoms with Crippen LogP contribution in [-0.4, -0.2) is 33.4 Å². The topological polar surface area (TPSA) is 90.3 Å². The molecule has 1 atom stereocenters. The largest absolute Gasteiger partial charge is 0.490 e. The van der Waals surface area contributed by atoms with Crippen LogP contribution in [-0.2, 0) is 10.5 Å². The van der Waals surface area contributed by atoms with E-state index >= 15 is 0 Å². The van der Waals surface area contributed by atoms with Crippen LogP contribution >= 0.6 is 39.3 Å². The van der Waals surface area contributed by atoms with Crippen LogP contribution in [0.5, 0.6) is 11.5 Å². The minimum absolute atomic E-state index is 0.0579. The molecule has 0 fully saturated rings. The molecule has 1 aliphatic heterocycles. The van der Waals surface area contributed by atoms with Crippen LogP contribution < -0.4 is 20.1 Å². The summed E-state index contributed by atoms with van der Waals surface area (Å²) < 4.78 is 14.6. The average Bonchev–Trinajstić information content (AvgIpc) is 3.37. The van der Waals surface area contributed by atoms with Gasteiger partial charge in [-0.2, -0.15) is 4.98 Å². The summed E-state index contributed by atoms with van der Waals surface area (Å²) in [5.74, 6) is 2.07. The fourth-order valence-corrected chi connectivity index (χ4v) is 6.48. The van der Waals surface area contributed by atoms with Crippen molar-refractivity contribution in [1.82, 2.24) is 14.8 Å². The molecule has 0 saturated heterocycles. The average molecular weight is 683 g/mol. The number of hydrogen-bond acceptors (Lipinski definition) is 7. The zero-order chi connectivity index (χ0) is 30.7. The first kappa shape index (κ1) is 31.0. The Balaban J connectivity index is 1.59. The Kier molecular flexibility index (Phi) is 9.68. The molecular formula is C32H33BrClN5O3S. The number of amides is 1. The van der Waals surface area contributed by atoms with Crippen LogP contribution in [0, 0.1) is 6.92 Å². The second-order valence-corrected chi connectivity index (χ2v) is 12.5. The third kappa shape index (κ3) is 6.87. The predicted molar refractivity (Wildman–Crippen MR) is 176 cm³/mol. The highest BCUT2D eigenvalue weighted by Crippen LogP contribution is 2.44. The second-order valence-electron chi connectivity index (χ2n) is 10.3. The maximum atomic E-state index is 14.0. The van der Waals surface area contributed by atoms with E-state index in [0.717, 1.165) is 22.4 Å². The van der Waals surface area contributed by atoms with Gasteiger partial charge < -0.3 is 20.1 Å². The smallest absolute Gasteiger partial charge is 0.255 e. The number of rotatable bonds is 10. The highest BCUT2D eigenvalue weighted by molar-refractivity contribution is 9.10. The maximum Gasteiger partial charge on any atom is 0.255 e. The van der Waals surface area contributed by atoms with Crippen molar-refractivity contribution in [2.75, 3.05) is 17.2 Å². The highest BCUT2D eigenvalue weighted by Gasteiger charge is 2.35. The molecule has 43 heavy (non-hydrogen) atoms. The van der Waals surface area contributed by atoms with E-state index in [1.165, 1.54) is 11.8 Å². The third-order valence-corrected chi connectivity index (χ3v) is 8.63. The first-order valence-electron chi connectivity index (χ1n) is 14.0. The summed E-state index contributed by atoms with van der Waals surface area (Å²) in [7, 11) is 0. The molecular weight excluding hydrogens is 650 g/mol.